The number of nitrogens with one attached hydrogen (secondary N) is 1. The van der Waals surface area contributed by atoms with Crippen LogP contribution in [0.2, 0.25) is 0 Å². The van der Waals surface area contributed by atoms with Crippen molar-refractivity contribution in [2.24, 2.45) is 5.92 Å². The normalized spacial score (nSPS) is 15.3. The van der Waals surface area contributed by atoms with Crippen LogP contribution >= 0.6 is 15.9 Å². The molecule has 2 aromatic heterocycles. The Hall–Kier alpha value is -2.46. The zero-order valence-electron chi connectivity index (χ0n) is 21.5. The molecule has 0 radical (unpaired) electrons. The number of halogens is 1. The van der Waals surface area contributed by atoms with E-state index in [1.54, 1.807) is 0 Å². The van der Waals surface area contributed by atoms with Crippen molar-refractivity contribution in [1.82, 2.24) is 14.5 Å². The van der Waals surface area contributed by atoms with Crippen molar-refractivity contribution in [3.05, 3.63) is 40.8 Å². The number of hydrogen-bond acceptors (Lipinski definition) is 5. The van der Waals surface area contributed by atoms with E-state index < -0.39 is 10.0 Å². The summed E-state index contributed by atoms with van der Waals surface area (Å²) in [6, 6.07) is 7.10. The number of nitrogens with zero attached hydrogens (tertiary/aromatic N) is 4. The minimum absolute atomic E-state index is 0.0179. The molecule has 194 valence electrons. The summed E-state index contributed by atoms with van der Waals surface area (Å²) in [6.45, 7) is 8.80. The predicted octanol–water partition coefficient (Wildman–Crippen LogP) is 5.86. The maximum absolute atomic E-state index is 13.4. The first-order valence-electron chi connectivity index (χ1n) is 12.3. The number of anilines is 2. The lowest BCUT2D eigenvalue weighted by molar-refractivity contribution is -0.114. The van der Waals surface area contributed by atoms with Gasteiger partial charge in [0.25, 0.3) is 10.0 Å². The van der Waals surface area contributed by atoms with Crippen LogP contribution in [0.4, 0.5) is 11.5 Å². The molecule has 1 fully saturated rings. The SMILES string of the molecule is CC(=O)Nc1ncc(S(=O)(=O)N(C)c2ccc3c(c2)nc(C(C)(C)C)n3CC2CCCCC2)cc1Br. The summed E-state index contributed by atoms with van der Waals surface area (Å²) in [4.78, 5) is 20.4. The second-order valence-corrected chi connectivity index (χ2v) is 13.5. The van der Waals surface area contributed by atoms with Crippen molar-refractivity contribution in [2.45, 2.75) is 76.7 Å². The van der Waals surface area contributed by atoms with Crippen LogP contribution in [0.5, 0.6) is 0 Å². The molecule has 3 aromatic rings. The largest absolute Gasteiger partial charge is 0.327 e. The van der Waals surface area contributed by atoms with Gasteiger partial charge in [-0.1, -0.05) is 40.0 Å². The van der Waals surface area contributed by atoms with Crippen molar-refractivity contribution >= 4 is 54.4 Å². The van der Waals surface area contributed by atoms with E-state index in [1.165, 1.54) is 62.6 Å². The number of benzene rings is 1. The van der Waals surface area contributed by atoms with Crippen LogP contribution < -0.4 is 9.62 Å². The van der Waals surface area contributed by atoms with Crippen molar-refractivity contribution in [1.29, 1.82) is 0 Å². The second kappa shape index (κ2) is 10.1. The highest BCUT2D eigenvalue weighted by molar-refractivity contribution is 9.10. The number of amides is 1. The molecule has 36 heavy (non-hydrogen) atoms. The van der Waals surface area contributed by atoms with E-state index in [1.807, 2.05) is 18.2 Å². The van der Waals surface area contributed by atoms with Gasteiger partial charge in [0.2, 0.25) is 5.91 Å². The molecular formula is C26H34BrN5O3S. The lowest BCUT2D eigenvalue weighted by Crippen LogP contribution is -2.26. The topological polar surface area (TPSA) is 97.2 Å². The molecule has 0 bridgehead atoms. The van der Waals surface area contributed by atoms with Gasteiger partial charge in [0.1, 0.15) is 16.5 Å². The number of fused-ring (bicyclic) bond motifs is 1. The molecule has 0 aliphatic heterocycles. The van der Waals surface area contributed by atoms with Gasteiger partial charge in [0.05, 0.1) is 21.2 Å². The minimum Gasteiger partial charge on any atom is -0.327 e. The first-order chi connectivity index (χ1) is 16.9. The Labute approximate surface area is 221 Å². The van der Waals surface area contributed by atoms with Gasteiger partial charge < -0.3 is 9.88 Å². The van der Waals surface area contributed by atoms with Crippen molar-refractivity contribution in [2.75, 3.05) is 16.7 Å². The number of carbonyl (C=O) groups excluding carboxylic acids is 1. The zero-order valence-corrected chi connectivity index (χ0v) is 23.9. The minimum atomic E-state index is -3.89. The summed E-state index contributed by atoms with van der Waals surface area (Å²) in [7, 11) is -2.37. The fourth-order valence-electron chi connectivity index (χ4n) is 4.82. The first-order valence-corrected chi connectivity index (χ1v) is 14.5. The zero-order chi connectivity index (χ0) is 26.3. The highest BCUT2D eigenvalue weighted by Crippen LogP contribution is 2.34. The highest BCUT2D eigenvalue weighted by Gasteiger charge is 2.27. The lowest BCUT2D eigenvalue weighted by atomic mass is 9.88. The molecule has 1 aliphatic rings. The molecule has 0 atom stereocenters. The number of hydrogen-bond donors (Lipinski definition) is 1. The van der Waals surface area contributed by atoms with Crippen LogP contribution in [-0.4, -0.2) is 35.9 Å². The van der Waals surface area contributed by atoms with E-state index in [9.17, 15) is 13.2 Å². The number of pyridine rings is 1. The smallest absolute Gasteiger partial charge is 0.265 e. The Morgan fingerprint density at radius 3 is 2.50 bits per heavy atom. The standard InChI is InChI=1S/C26H34BrN5O3S/c1-17(33)29-24-21(27)14-20(15-28-24)36(34,35)31(5)19-11-12-23-22(13-19)30-25(26(2,3)4)32(23)16-18-9-7-6-8-10-18/h11-15,18H,6-10,16H2,1-5H3,(H,28,29,33). The van der Waals surface area contributed by atoms with Gasteiger partial charge in [-0.05, 0) is 59.0 Å². The fraction of sp³-hybridized carbons (Fsp3) is 0.500. The Morgan fingerprint density at radius 2 is 1.89 bits per heavy atom. The third-order valence-corrected chi connectivity index (χ3v) is 9.06. The van der Waals surface area contributed by atoms with Gasteiger partial charge in [-0.25, -0.2) is 18.4 Å². The average molecular weight is 577 g/mol. The molecule has 8 nitrogen and oxygen atoms in total. The number of sulfonamides is 1. The maximum Gasteiger partial charge on any atom is 0.265 e. The van der Waals surface area contributed by atoms with Gasteiger partial charge in [-0.2, -0.15) is 0 Å². The summed E-state index contributed by atoms with van der Waals surface area (Å²) in [6.07, 6.45) is 7.62. The lowest BCUT2D eigenvalue weighted by Gasteiger charge is -2.26. The maximum atomic E-state index is 13.4. The van der Waals surface area contributed by atoms with Crippen molar-refractivity contribution in [3.63, 3.8) is 0 Å². The monoisotopic (exact) mass is 575 g/mol. The highest BCUT2D eigenvalue weighted by atomic mass is 79.9. The summed E-state index contributed by atoms with van der Waals surface area (Å²) in [5, 5.41) is 2.57. The summed E-state index contributed by atoms with van der Waals surface area (Å²) >= 11 is 3.30. The molecule has 0 unspecified atom stereocenters. The van der Waals surface area contributed by atoms with E-state index in [0.717, 1.165) is 23.4 Å². The predicted molar refractivity (Wildman–Crippen MR) is 147 cm³/mol. The Morgan fingerprint density at radius 1 is 1.19 bits per heavy atom. The molecule has 1 aliphatic carbocycles. The third kappa shape index (κ3) is 5.44. The Balaban J connectivity index is 1.69. The number of aromatic nitrogens is 3. The molecule has 1 amide bonds. The van der Waals surface area contributed by atoms with Gasteiger partial charge in [0, 0.05) is 32.1 Å². The summed E-state index contributed by atoms with van der Waals surface area (Å²) < 4.78 is 30.8. The Bertz CT molecular complexity index is 1390. The van der Waals surface area contributed by atoms with Crippen LogP contribution in [0.25, 0.3) is 11.0 Å². The number of carbonyl (C=O) groups is 1. The van der Waals surface area contributed by atoms with E-state index in [-0.39, 0.29) is 22.0 Å². The third-order valence-electron chi connectivity index (χ3n) is 6.70. The second-order valence-electron chi connectivity index (χ2n) is 10.6. The molecule has 1 N–H and O–H groups in total. The van der Waals surface area contributed by atoms with Gasteiger partial charge in [0.15, 0.2) is 0 Å². The molecule has 10 heteroatoms. The molecule has 1 aromatic carbocycles. The van der Waals surface area contributed by atoms with Crippen molar-refractivity contribution < 1.29 is 13.2 Å². The van der Waals surface area contributed by atoms with Crippen LogP contribution in [-0.2, 0) is 26.8 Å². The molecule has 1 saturated carbocycles. The molecule has 0 saturated heterocycles. The average Bonchev–Trinajstić information content (AvgIpc) is 3.18. The fourth-order valence-corrected chi connectivity index (χ4v) is 6.58. The van der Waals surface area contributed by atoms with Crippen molar-refractivity contribution in [3.8, 4) is 0 Å². The van der Waals surface area contributed by atoms with E-state index in [0.29, 0.717) is 16.1 Å². The van der Waals surface area contributed by atoms with E-state index in [4.69, 9.17) is 4.98 Å². The quantitative estimate of drug-likeness (QED) is 0.397. The van der Waals surface area contributed by atoms with Crippen LogP contribution in [0.3, 0.4) is 0 Å². The number of rotatable bonds is 6. The molecule has 4 rings (SSSR count). The van der Waals surface area contributed by atoms with Crippen LogP contribution in [0.15, 0.2) is 39.8 Å². The Kier molecular flexibility index (Phi) is 7.48. The van der Waals surface area contributed by atoms with E-state index in [2.05, 4.69) is 51.6 Å². The molecular weight excluding hydrogens is 542 g/mol. The summed E-state index contributed by atoms with van der Waals surface area (Å²) in [5.74, 6) is 1.64. The van der Waals surface area contributed by atoms with Crippen LogP contribution in [0.1, 0.15) is 65.6 Å². The van der Waals surface area contributed by atoms with Gasteiger partial charge in [-0.15, -0.1) is 0 Å². The summed E-state index contributed by atoms with van der Waals surface area (Å²) in [5.41, 5.74) is 2.20. The molecule has 2 heterocycles. The number of imidazole rings is 1. The van der Waals surface area contributed by atoms with Crippen LogP contribution in [0, 0.1) is 5.92 Å². The van der Waals surface area contributed by atoms with E-state index >= 15 is 0 Å². The molecule has 0 spiro atoms. The van der Waals surface area contributed by atoms with Gasteiger partial charge in [-0.3, -0.25) is 9.10 Å². The first kappa shape index (κ1) is 26.6. The van der Waals surface area contributed by atoms with Gasteiger partial charge >= 0.3 is 0 Å².